The van der Waals surface area contributed by atoms with Crippen LogP contribution >= 0.6 is 22.9 Å². The maximum atomic E-state index is 12.5. The Kier molecular flexibility index (Phi) is 7.93. The van der Waals surface area contributed by atoms with Gasteiger partial charge in [0.1, 0.15) is 21.5 Å². The van der Waals surface area contributed by atoms with Gasteiger partial charge in [0.25, 0.3) is 0 Å². The standard InChI is InChI=1S/C16H17ClF3N3O3S2/c1-2-23(12(24)5-8-28(26)9-6-16(18,19)20)15-13(17)21-14(27-15)11-4-3-7-22(25)10-11/h3-4,7,10H,2,5-6,8-9H2,1H3. The van der Waals surface area contributed by atoms with Crippen molar-refractivity contribution in [1.82, 2.24) is 4.98 Å². The first-order valence-corrected chi connectivity index (χ1v) is 10.9. The molecule has 2 rings (SSSR count). The summed E-state index contributed by atoms with van der Waals surface area (Å²) in [7, 11) is 0. The van der Waals surface area contributed by atoms with Crippen LogP contribution in [-0.2, 0) is 16.0 Å². The lowest BCUT2D eigenvalue weighted by Gasteiger charge is -2.19. The number of hydrogen-bond donors (Lipinski definition) is 0. The number of alkyl halides is 3. The Morgan fingerprint density at radius 3 is 2.75 bits per heavy atom. The van der Waals surface area contributed by atoms with E-state index in [1.54, 1.807) is 19.1 Å². The van der Waals surface area contributed by atoms with Gasteiger partial charge in [-0.3, -0.25) is 4.79 Å². The van der Waals surface area contributed by atoms with Crippen LogP contribution in [0.25, 0.3) is 10.6 Å². The van der Waals surface area contributed by atoms with E-state index in [9.17, 15) is 27.7 Å². The lowest BCUT2D eigenvalue weighted by Crippen LogP contribution is -2.32. The zero-order valence-electron chi connectivity index (χ0n) is 14.7. The number of thiazole rings is 1. The highest BCUT2D eigenvalue weighted by Crippen LogP contribution is 2.37. The fourth-order valence-electron chi connectivity index (χ4n) is 2.27. The molecular formula is C16H17ClF3N3O3S2. The molecule has 0 fully saturated rings. The minimum absolute atomic E-state index is 0.0784. The van der Waals surface area contributed by atoms with Crippen LogP contribution in [0.2, 0.25) is 5.15 Å². The summed E-state index contributed by atoms with van der Waals surface area (Å²) < 4.78 is 48.9. The zero-order chi connectivity index (χ0) is 20.9. The van der Waals surface area contributed by atoms with E-state index >= 15 is 0 Å². The molecule has 0 saturated heterocycles. The monoisotopic (exact) mass is 455 g/mol. The smallest absolute Gasteiger partial charge is 0.393 e. The normalized spacial score (nSPS) is 12.8. The van der Waals surface area contributed by atoms with Crippen molar-refractivity contribution in [2.45, 2.75) is 25.9 Å². The van der Waals surface area contributed by atoms with Gasteiger partial charge >= 0.3 is 6.18 Å². The van der Waals surface area contributed by atoms with Crippen LogP contribution in [0.3, 0.4) is 0 Å². The number of carbonyl (C=O) groups excluding carboxylic acids is 1. The molecule has 0 aliphatic carbocycles. The zero-order valence-corrected chi connectivity index (χ0v) is 17.1. The molecule has 1 unspecified atom stereocenters. The van der Waals surface area contributed by atoms with Crippen LogP contribution < -0.4 is 9.63 Å². The third kappa shape index (κ3) is 6.50. The maximum absolute atomic E-state index is 12.5. The first-order valence-electron chi connectivity index (χ1n) is 8.18. The van der Waals surface area contributed by atoms with Gasteiger partial charge in [-0.25, -0.2) is 4.98 Å². The Labute approximate surface area is 171 Å². The number of halogens is 4. The van der Waals surface area contributed by atoms with Crippen molar-refractivity contribution in [1.29, 1.82) is 0 Å². The average Bonchev–Trinajstić information content (AvgIpc) is 3.00. The van der Waals surface area contributed by atoms with E-state index in [-0.39, 0.29) is 23.9 Å². The molecule has 1 amide bonds. The van der Waals surface area contributed by atoms with E-state index in [1.807, 2.05) is 0 Å². The lowest BCUT2D eigenvalue weighted by atomic mass is 10.3. The molecule has 2 aromatic rings. The summed E-state index contributed by atoms with van der Waals surface area (Å²) in [6.45, 7) is 1.97. The van der Waals surface area contributed by atoms with E-state index in [4.69, 9.17) is 11.6 Å². The number of rotatable bonds is 8. The SMILES string of the molecule is CCN(C(=O)CC[S+]([O-])CCC(F)(F)F)c1sc(-c2ccc[n+]([O-])c2)nc1Cl. The summed E-state index contributed by atoms with van der Waals surface area (Å²) in [6.07, 6.45) is -3.05. The molecule has 0 aliphatic heterocycles. The van der Waals surface area contributed by atoms with Crippen molar-refractivity contribution in [3.05, 3.63) is 34.9 Å². The molecule has 2 heterocycles. The summed E-state index contributed by atoms with van der Waals surface area (Å²) in [5.41, 5.74) is 0.535. The van der Waals surface area contributed by atoms with Crippen LogP contribution in [0.1, 0.15) is 19.8 Å². The molecule has 0 saturated carbocycles. The van der Waals surface area contributed by atoms with Gasteiger partial charge in [-0.15, -0.1) is 0 Å². The highest BCUT2D eigenvalue weighted by molar-refractivity contribution is 7.91. The van der Waals surface area contributed by atoms with Crippen molar-refractivity contribution in [2.75, 3.05) is 23.0 Å². The first-order chi connectivity index (χ1) is 13.1. The van der Waals surface area contributed by atoms with Crippen LogP contribution in [0.4, 0.5) is 18.2 Å². The third-order valence-electron chi connectivity index (χ3n) is 3.61. The van der Waals surface area contributed by atoms with Crippen LogP contribution in [0, 0.1) is 5.21 Å². The average molecular weight is 456 g/mol. The molecule has 0 N–H and O–H groups in total. The summed E-state index contributed by atoms with van der Waals surface area (Å²) in [5, 5.41) is 12.3. The van der Waals surface area contributed by atoms with Gasteiger partial charge in [0.05, 0.1) is 18.4 Å². The fourth-order valence-corrected chi connectivity index (χ4v) is 4.71. The van der Waals surface area contributed by atoms with Crippen LogP contribution in [-0.4, -0.2) is 39.7 Å². The summed E-state index contributed by atoms with van der Waals surface area (Å²) in [4.78, 5) is 18.0. The molecule has 28 heavy (non-hydrogen) atoms. The third-order valence-corrected chi connectivity index (χ3v) is 6.43. The number of anilines is 1. The second kappa shape index (κ2) is 9.77. The summed E-state index contributed by atoms with van der Waals surface area (Å²) >= 11 is 5.52. The van der Waals surface area contributed by atoms with Crippen molar-refractivity contribution in [2.24, 2.45) is 0 Å². The lowest BCUT2D eigenvalue weighted by molar-refractivity contribution is -0.604. The molecule has 0 aliphatic rings. The predicted molar refractivity (Wildman–Crippen MR) is 103 cm³/mol. The second-order valence-corrected chi connectivity index (χ2v) is 8.70. The maximum Gasteiger partial charge on any atom is 0.393 e. The van der Waals surface area contributed by atoms with Gasteiger partial charge in [0.15, 0.2) is 17.5 Å². The van der Waals surface area contributed by atoms with E-state index in [2.05, 4.69) is 4.98 Å². The molecule has 2 aromatic heterocycles. The van der Waals surface area contributed by atoms with E-state index in [0.717, 1.165) is 11.3 Å². The number of pyridine rings is 1. The largest absolute Gasteiger partial charge is 0.619 e. The Morgan fingerprint density at radius 2 is 2.14 bits per heavy atom. The molecule has 12 heteroatoms. The Balaban J connectivity index is 2.05. The van der Waals surface area contributed by atoms with Gasteiger partial charge in [-0.1, -0.05) is 34.1 Å². The summed E-state index contributed by atoms with van der Waals surface area (Å²) in [6, 6.07) is 3.23. The summed E-state index contributed by atoms with van der Waals surface area (Å²) in [5.74, 6) is -1.10. The molecule has 0 bridgehead atoms. The number of amides is 1. The minimum atomic E-state index is -4.37. The van der Waals surface area contributed by atoms with Gasteiger partial charge in [-0.2, -0.15) is 17.9 Å². The molecule has 0 aromatic carbocycles. The van der Waals surface area contributed by atoms with Gasteiger partial charge in [0, 0.05) is 12.6 Å². The van der Waals surface area contributed by atoms with E-state index in [0.29, 0.717) is 20.3 Å². The van der Waals surface area contributed by atoms with Gasteiger partial charge in [0.2, 0.25) is 5.91 Å². The van der Waals surface area contributed by atoms with E-state index < -0.39 is 35.4 Å². The molecule has 6 nitrogen and oxygen atoms in total. The minimum Gasteiger partial charge on any atom is -0.619 e. The molecule has 0 spiro atoms. The highest BCUT2D eigenvalue weighted by atomic mass is 35.5. The Hall–Kier alpha value is -1.56. The molecular weight excluding hydrogens is 439 g/mol. The van der Waals surface area contributed by atoms with Crippen molar-refractivity contribution >= 4 is 45.0 Å². The highest BCUT2D eigenvalue weighted by Gasteiger charge is 2.30. The van der Waals surface area contributed by atoms with Crippen LogP contribution in [0.15, 0.2) is 24.5 Å². The molecule has 0 radical (unpaired) electrons. The number of carbonyl (C=O) groups is 1. The van der Waals surface area contributed by atoms with Gasteiger partial charge < -0.3 is 14.7 Å². The molecule has 1 atom stereocenters. The quantitative estimate of drug-likeness (QED) is 0.346. The van der Waals surface area contributed by atoms with Crippen LogP contribution in [0.5, 0.6) is 0 Å². The second-order valence-electron chi connectivity index (χ2n) is 5.67. The fraction of sp³-hybridized carbons (Fsp3) is 0.438. The van der Waals surface area contributed by atoms with Crippen molar-refractivity contribution < 1.29 is 27.2 Å². The van der Waals surface area contributed by atoms with E-state index in [1.165, 1.54) is 17.3 Å². The topological polar surface area (TPSA) is 83.2 Å². The van der Waals surface area contributed by atoms with Gasteiger partial charge in [-0.05, 0) is 13.0 Å². The number of aromatic nitrogens is 2. The Morgan fingerprint density at radius 1 is 1.43 bits per heavy atom. The van der Waals surface area contributed by atoms with Crippen molar-refractivity contribution in [3.8, 4) is 10.6 Å². The first kappa shape index (κ1) is 22.7. The molecule has 154 valence electrons. The Bertz CT molecular complexity index is 820. The number of hydrogen-bond acceptors (Lipinski definition) is 5. The predicted octanol–water partition coefficient (Wildman–Crippen LogP) is 3.54. The van der Waals surface area contributed by atoms with Crippen molar-refractivity contribution in [3.63, 3.8) is 0 Å². The number of nitrogens with zero attached hydrogens (tertiary/aromatic N) is 3.